The fraction of sp³-hybridized carbons (Fsp3) is 0.500. The Morgan fingerprint density at radius 1 is 1.53 bits per heavy atom. The van der Waals surface area contributed by atoms with Crippen molar-refractivity contribution < 1.29 is 14.3 Å². The van der Waals surface area contributed by atoms with E-state index in [1.807, 2.05) is 0 Å². The van der Waals surface area contributed by atoms with Gasteiger partial charge >= 0.3 is 0 Å². The van der Waals surface area contributed by atoms with Gasteiger partial charge < -0.3 is 10.0 Å². The van der Waals surface area contributed by atoms with Crippen molar-refractivity contribution in [3.63, 3.8) is 0 Å². The van der Waals surface area contributed by atoms with Gasteiger partial charge in [0, 0.05) is 25.0 Å². The van der Waals surface area contributed by atoms with Crippen LogP contribution in [0.1, 0.15) is 29.6 Å². The summed E-state index contributed by atoms with van der Waals surface area (Å²) in [7, 11) is 0. The first-order valence-electron chi connectivity index (χ1n) is 6.45. The predicted octanol–water partition coefficient (Wildman–Crippen LogP) is 3.01. The predicted molar refractivity (Wildman–Crippen MR) is 72.0 cm³/mol. The lowest BCUT2D eigenvalue weighted by molar-refractivity contribution is 0.0668. The first kappa shape index (κ1) is 14.1. The summed E-state index contributed by atoms with van der Waals surface area (Å²) in [5.74, 6) is -0.0826. The van der Waals surface area contributed by atoms with Crippen molar-refractivity contribution in [2.24, 2.45) is 5.92 Å². The molecule has 1 fully saturated rings. The van der Waals surface area contributed by atoms with Crippen molar-refractivity contribution in [3.8, 4) is 5.75 Å². The molecule has 104 valence electrons. The van der Waals surface area contributed by atoms with Crippen LogP contribution < -0.4 is 0 Å². The van der Waals surface area contributed by atoms with Crippen LogP contribution in [0.5, 0.6) is 5.75 Å². The number of nitrogens with zero attached hydrogens (tertiary/aromatic N) is 1. The number of benzene rings is 1. The van der Waals surface area contributed by atoms with Crippen LogP contribution in [0.3, 0.4) is 0 Å². The van der Waals surface area contributed by atoms with E-state index in [1.165, 1.54) is 12.1 Å². The maximum Gasteiger partial charge on any atom is 0.257 e. The van der Waals surface area contributed by atoms with E-state index >= 15 is 0 Å². The van der Waals surface area contributed by atoms with Crippen molar-refractivity contribution in [2.75, 3.05) is 19.0 Å². The zero-order valence-corrected chi connectivity index (χ0v) is 11.4. The van der Waals surface area contributed by atoms with E-state index in [-0.39, 0.29) is 17.2 Å². The Kier molecular flexibility index (Phi) is 4.64. The molecule has 1 saturated heterocycles. The molecule has 1 unspecified atom stereocenters. The second kappa shape index (κ2) is 6.24. The Balaban J connectivity index is 2.10. The number of rotatable bonds is 3. The van der Waals surface area contributed by atoms with Gasteiger partial charge in [-0.2, -0.15) is 0 Å². The van der Waals surface area contributed by atoms with Crippen LogP contribution >= 0.6 is 11.6 Å². The lowest BCUT2D eigenvalue weighted by Crippen LogP contribution is -2.40. The highest BCUT2D eigenvalue weighted by Gasteiger charge is 2.25. The lowest BCUT2D eigenvalue weighted by atomic mass is 9.95. The second-order valence-corrected chi connectivity index (χ2v) is 5.28. The molecular weight excluding hydrogens is 269 g/mol. The topological polar surface area (TPSA) is 40.5 Å². The Labute approximate surface area is 117 Å². The molecule has 0 aliphatic carbocycles. The number of phenols is 1. The van der Waals surface area contributed by atoms with Gasteiger partial charge in [-0.05, 0) is 37.3 Å². The third kappa shape index (κ3) is 3.38. The molecule has 0 spiro atoms. The molecule has 3 nitrogen and oxygen atoms in total. The molecule has 1 aromatic carbocycles. The summed E-state index contributed by atoms with van der Waals surface area (Å²) in [5, 5.41) is 9.65. The fourth-order valence-electron chi connectivity index (χ4n) is 2.50. The summed E-state index contributed by atoms with van der Waals surface area (Å²) in [6.07, 6.45) is 2.90. The molecular formula is C14H17ClFNO2. The SMILES string of the molecule is O=C(c1ccc(F)cc1O)N1CCCC(CCCl)C1. The highest BCUT2D eigenvalue weighted by atomic mass is 35.5. The molecule has 1 N–H and O–H groups in total. The normalized spacial score (nSPS) is 19.5. The van der Waals surface area contributed by atoms with Gasteiger partial charge in [-0.25, -0.2) is 4.39 Å². The van der Waals surface area contributed by atoms with E-state index in [9.17, 15) is 14.3 Å². The van der Waals surface area contributed by atoms with E-state index in [0.717, 1.165) is 25.3 Å². The summed E-state index contributed by atoms with van der Waals surface area (Å²) in [5.41, 5.74) is 0.160. The smallest absolute Gasteiger partial charge is 0.257 e. The quantitative estimate of drug-likeness (QED) is 0.867. The molecule has 1 aliphatic heterocycles. The fourth-order valence-corrected chi connectivity index (χ4v) is 2.80. The molecule has 1 atom stereocenters. The molecule has 1 amide bonds. The van der Waals surface area contributed by atoms with Crippen molar-refractivity contribution in [3.05, 3.63) is 29.6 Å². The van der Waals surface area contributed by atoms with E-state index in [1.54, 1.807) is 4.90 Å². The first-order chi connectivity index (χ1) is 9.11. The van der Waals surface area contributed by atoms with Crippen LogP contribution in [0.4, 0.5) is 4.39 Å². The summed E-state index contributed by atoms with van der Waals surface area (Å²) < 4.78 is 12.9. The zero-order valence-electron chi connectivity index (χ0n) is 10.6. The maximum atomic E-state index is 12.9. The number of carbonyl (C=O) groups excluding carboxylic acids is 1. The number of amides is 1. The molecule has 1 aromatic rings. The van der Waals surface area contributed by atoms with E-state index < -0.39 is 5.82 Å². The monoisotopic (exact) mass is 285 g/mol. The lowest BCUT2D eigenvalue weighted by Gasteiger charge is -2.32. The highest BCUT2D eigenvalue weighted by Crippen LogP contribution is 2.25. The van der Waals surface area contributed by atoms with Gasteiger partial charge in [0.05, 0.1) is 5.56 Å². The van der Waals surface area contributed by atoms with Gasteiger partial charge in [0.2, 0.25) is 0 Å². The van der Waals surface area contributed by atoms with Crippen molar-refractivity contribution in [2.45, 2.75) is 19.3 Å². The summed E-state index contributed by atoms with van der Waals surface area (Å²) >= 11 is 5.74. The standard InChI is InChI=1S/C14H17ClFNO2/c15-6-5-10-2-1-7-17(9-10)14(19)12-4-3-11(16)8-13(12)18/h3-4,8,10,18H,1-2,5-7,9H2. The number of likely N-dealkylation sites (tertiary alicyclic amines) is 1. The van der Waals surface area contributed by atoms with Gasteiger partial charge in [0.1, 0.15) is 11.6 Å². The minimum Gasteiger partial charge on any atom is -0.507 e. The number of carbonyl (C=O) groups is 1. The molecule has 1 aliphatic rings. The van der Waals surface area contributed by atoms with Gasteiger partial charge in [0.25, 0.3) is 5.91 Å². The minimum absolute atomic E-state index is 0.160. The number of hydrogen-bond acceptors (Lipinski definition) is 2. The van der Waals surface area contributed by atoms with Crippen LogP contribution in [0.2, 0.25) is 0 Å². The van der Waals surface area contributed by atoms with Crippen LogP contribution in [0.15, 0.2) is 18.2 Å². The largest absolute Gasteiger partial charge is 0.507 e. The molecule has 2 rings (SSSR count). The van der Waals surface area contributed by atoms with Gasteiger partial charge in [-0.1, -0.05) is 0 Å². The van der Waals surface area contributed by atoms with Gasteiger partial charge in [-0.15, -0.1) is 11.6 Å². The number of aromatic hydroxyl groups is 1. The molecule has 0 bridgehead atoms. The summed E-state index contributed by atoms with van der Waals surface area (Å²) in [6, 6.07) is 3.48. The number of halogens is 2. The van der Waals surface area contributed by atoms with Crippen molar-refractivity contribution >= 4 is 17.5 Å². The summed E-state index contributed by atoms with van der Waals surface area (Å²) in [6.45, 7) is 1.33. The third-order valence-corrected chi connectivity index (χ3v) is 3.73. The van der Waals surface area contributed by atoms with Gasteiger partial charge in [0.15, 0.2) is 0 Å². The Hall–Kier alpha value is -1.29. The molecule has 5 heteroatoms. The molecule has 1 heterocycles. The second-order valence-electron chi connectivity index (χ2n) is 4.90. The van der Waals surface area contributed by atoms with Crippen LogP contribution in [-0.4, -0.2) is 34.9 Å². The van der Waals surface area contributed by atoms with E-state index in [4.69, 9.17) is 11.6 Å². The van der Waals surface area contributed by atoms with E-state index in [2.05, 4.69) is 0 Å². The molecule has 0 aromatic heterocycles. The average molecular weight is 286 g/mol. The minimum atomic E-state index is -0.548. The number of hydrogen-bond donors (Lipinski definition) is 1. The van der Waals surface area contributed by atoms with Crippen molar-refractivity contribution in [1.82, 2.24) is 4.90 Å². The van der Waals surface area contributed by atoms with Crippen LogP contribution in [0, 0.1) is 11.7 Å². The molecule has 0 radical (unpaired) electrons. The summed E-state index contributed by atoms with van der Waals surface area (Å²) in [4.78, 5) is 14.0. The van der Waals surface area contributed by atoms with Gasteiger partial charge in [-0.3, -0.25) is 4.79 Å². The maximum absolute atomic E-state index is 12.9. The van der Waals surface area contributed by atoms with Crippen LogP contribution in [0.25, 0.3) is 0 Å². The van der Waals surface area contributed by atoms with Crippen LogP contribution in [-0.2, 0) is 0 Å². The third-order valence-electron chi connectivity index (χ3n) is 3.51. The molecule has 19 heavy (non-hydrogen) atoms. The first-order valence-corrected chi connectivity index (χ1v) is 6.99. The van der Waals surface area contributed by atoms with E-state index in [0.29, 0.717) is 24.9 Å². The molecule has 0 saturated carbocycles. The highest BCUT2D eigenvalue weighted by molar-refractivity contribution is 6.17. The number of phenolic OH excluding ortho intramolecular Hbond substituents is 1. The Morgan fingerprint density at radius 3 is 3.00 bits per heavy atom. The van der Waals surface area contributed by atoms with Crippen molar-refractivity contribution in [1.29, 1.82) is 0 Å². The zero-order chi connectivity index (χ0) is 13.8. The number of piperidine rings is 1. The average Bonchev–Trinajstić information content (AvgIpc) is 2.39. The Bertz CT molecular complexity index is 465. The number of alkyl halides is 1. The Morgan fingerprint density at radius 2 is 2.32 bits per heavy atom.